The maximum Gasteiger partial charge on any atom is 0.326 e. The van der Waals surface area contributed by atoms with Gasteiger partial charge < -0.3 is 15.0 Å². The third-order valence-corrected chi connectivity index (χ3v) is 4.77. The van der Waals surface area contributed by atoms with Crippen LogP contribution in [0.2, 0.25) is 0 Å². The molecule has 2 rings (SSSR count). The van der Waals surface area contributed by atoms with Gasteiger partial charge in [0.1, 0.15) is 12.1 Å². The number of amides is 3. The van der Waals surface area contributed by atoms with Crippen molar-refractivity contribution in [2.24, 2.45) is 0 Å². The second-order valence-electron chi connectivity index (χ2n) is 6.77. The number of Topliss-reactive ketones (excluding diaryl/α,β-unsaturated/α-hetero) is 2. The van der Waals surface area contributed by atoms with Crippen LogP contribution >= 0.6 is 0 Å². The fourth-order valence-corrected chi connectivity index (χ4v) is 3.08. The summed E-state index contributed by atoms with van der Waals surface area (Å²) in [7, 11) is 0. The van der Waals surface area contributed by atoms with E-state index in [4.69, 9.17) is 4.74 Å². The Labute approximate surface area is 156 Å². The second-order valence-corrected chi connectivity index (χ2v) is 6.77. The van der Waals surface area contributed by atoms with E-state index in [0.717, 1.165) is 4.90 Å². The van der Waals surface area contributed by atoms with Crippen molar-refractivity contribution in [2.75, 3.05) is 13.2 Å². The molecule has 2 N–H and O–H groups in total. The summed E-state index contributed by atoms with van der Waals surface area (Å²) in [5, 5.41) is 2.53. The number of ether oxygens (including phenoxy) is 1. The highest BCUT2D eigenvalue weighted by Gasteiger charge is 2.47. The van der Waals surface area contributed by atoms with Gasteiger partial charge in [0.25, 0.3) is 5.91 Å². The molecule has 9 heteroatoms. The van der Waals surface area contributed by atoms with Crippen molar-refractivity contribution < 1.29 is 28.7 Å². The molecule has 0 bridgehead atoms. The molecule has 1 saturated heterocycles. The summed E-state index contributed by atoms with van der Waals surface area (Å²) in [5.41, 5.74) is 0.637. The lowest BCUT2D eigenvalue weighted by Crippen LogP contribution is -2.43. The Morgan fingerprint density at radius 3 is 2.30 bits per heavy atom. The molecule has 1 aromatic heterocycles. The number of ketones is 2. The Morgan fingerprint density at radius 1 is 1.19 bits per heavy atom. The Bertz CT molecular complexity index is 840. The first kappa shape index (κ1) is 20.3. The fourth-order valence-electron chi connectivity index (χ4n) is 3.08. The molecule has 1 atom stereocenters. The molecule has 27 heavy (non-hydrogen) atoms. The van der Waals surface area contributed by atoms with Gasteiger partial charge in [-0.25, -0.2) is 4.79 Å². The minimum Gasteiger partial charge on any atom is -0.456 e. The average molecular weight is 377 g/mol. The number of nitrogens with one attached hydrogen (secondary N) is 2. The first-order chi connectivity index (χ1) is 12.5. The smallest absolute Gasteiger partial charge is 0.326 e. The summed E-state index contributed by atoms with van der Waals surface area (Å²) >= 11 is 0. The van der Waals surface area contributed by atoms with Crippen LogP contribution in [-0.2, 0) is 14.3 Å². The van der Waals surface area contributed by atoms with Gasteiger partial charge in [-0.05, 0) is 39.7 Å². The van der Waals surface area contributed by atoms with Crippen LogP contribution < -0.4 is 5.32 Å². The number of aromatic nitrogens is 1. The Balaban J connectivity index is 1.99. The van der Waals surface area contributed by atoms with E-state index in [1.807, 2.05) is 0 Å². The predicted molar refractivity (Wildman–Crippen MR) is 94.5 cm³/mol. The SMILES string of the molecule is CC[C@@]1(C)NC(=O)N(CC(=O)OCC(=O)c2[nH]c(C)c(C(C)=O)c2C)C1=O. The van der Waals surface area contributed by atoms with E-state index in [-0.39, 0.29) is 11.5 Å². The van der Waals surface area contributed by atoms with Crippen molar-refractivity contribution >= 4 is 29.5 Å². The molecule has 0 saturated carbocycles. The number of carbonyl (C=O) groups excluding carboxylic acids is 5. The second kappa shape index (κ2) is 7.34. The van der Waals surface area contributed by atoms with E-state index in [9.17, 15) is 24.0 Å². The van der Waals surface area contributed by atoms with Crippen LogP contribution in [0.3, 0.4) is 0 Å². The number of rotatable bonds is 7. The molecule has 2 heterocycles. The molecular weight excluding hydrogens is 354 g/mol. The highest BCUT2D eigenvalue weighted by atomic mass is 16.5. The molecule has 1 aliphatic rings. The number of imide groups is 1. The largest absolute Gasteiger partial charge is 0.456 e. The third-order valence-electron chi connectivity index (χ3n) is 4.77. The van der Waals surface area contributed by atoms with Crippen LogP contribution in [0.15, 0.2) is 0 Å². The summed E-state index contributed by atoms with van der Waals surface area (Å²) in [5.74, 6) is -2.07. The first-order valence-electron chi connectivity index (χ1n) is 8.54. The minimum absolute atomic E-state index is 0.171. The zero-order valence-electron chi connectivity index (χ0n) is 16.0. The number of aromatic amines is 1. The lowest BCUT2D eigenvalue weighted by molar-refractivity contribution is -0.146. The van der Waals surface area contributed by atoms with Crippen LogP contribution in [0.4, 0.5) is 4.79 Å². The zero-order valence-corrected chi connectivity index (χ0v) is 16.0. The number of hydrogen-bond donors (Lipinski definition) is 2. The molecule has 146 valence electrons. The number of esters is 1. The van der Waals surface area contributed by atoms with E-state index in [1.165, 1.54) is 6.92 Å². The summed E-state index contributed by atoms with van der Waals surface area (Å²) in [4.78, 5) is 63.6. The highest BCUT2D eigenvalue weighted by Crippen LogP contribution is 2.21. The molecule has 0 aliphatic carbocycles. The van der Waals surface area contributed by atoms with Gasteiger partial charge in [-0.2, -0.15) is 0 Å². The van der Waals surface area contributed by atoms with Crippen molar-refractivity contribution in [3.05, 3.63) is 22.5 Å². The topological polar surface area (TPSA) is 126 Å². The molecule has 0 aromatic carbocycles. The Kier molecular flexibility index (Phi) is 5.53. The van der Waals surface area contributed by atoms with Crippen molar-refractivity contribution in [2.45, 2.75) is 46.6 Å². The van der Waals surface area contributed by atoms with Gasteiger partial charge in [0.15, 0.2) is 12.4 Å². The van der Waals surface area contributed by atoms with E-state index in [2.05, 4.69) is 10.3 Å². The van der Waals surface area contributed by atoms with Crippen molar-refractivity contribution in [3.63, 3.8) is 0 Å². The number of urea groups is 1. The lowest BCUT2D eigenvalue weighted by Gasteiger charge is -2.18. The summed E-state index contributed by atoms with van der Waals surface area (Å²) in [6.07, 6.45) is 0.380. The number of H-pyrrole nitrogens is 1. The van der Waals surface area contributed by atoms with Crippen molar-refractivity contribution in [1.29, 1.82) is 0 Å². The maximum absolute atomic E-state index is 12.3. The molecular formula is C18H23N3O6. The summed E-state index contributed by atoms with van der Waals surface area (Å²) in [6, 6.07) is -0.672. The normalized spacial score (nSPS) is 19.2. The quantitative estimate of drug-likeness (QED) is 0.419. The number of carbonyl (C=O) groups is 5. The molecule has 1 aliphatic heterocycles. The van der Waals surface area contributed by atoms with Gasteiger partial charge in [0, 0.05) is 11.3 Å². The molecule has 0 unspecified atom stereocenters. The molecule has 0 radical (unpaired) electrons. The monoisotopic (exact) mass is 377 g/mol. The van der Waals surface area contributed by atoms with E-state index in [1.54, 1.807) is 27.7 Å². The fraction of sp³-hybridized carbons (Fsp3) is 0.500. The number of aryl methyl sites for hydroxylation is 1. The van der Waals surface area contributed by atoms with Gasteiger partial charge in [0.05, 0.1) is 5.69 Å². The Morgan fingerprint density at radius 2 is 1.81 bits per heavy atom. The molecule has 0 spiro atoms. The van der Waals surface area contributed by atoms with Crippen molar-refractivity contribution in [1.82, 2.24) is 15.2 Å². The summed E-state index contributed by atoms with van der Waals surface area (Å²) < 4.78 is 4.92. The first-order valence-corrected chi connectivity index (χ1v) is 8.54. The van der Waals surface area contributed by atoms with Gasteiger partial charge >= 0.3 is 12.0 Å². The minimum atomic E-state index is -1.05. The number of hydrogen-bond acceptors (Lipinski definition) is 6. The van der Waals surface area contributed by atoms with Gasteiger partial charge in [-0.1, -0.05) is 6.92 Å². The molecule has 9 nitrogen and oxygen atoms in total. The molecule has 1 aromatic rings. The van der Waals surface area contributed by atoms with Gasteiger partial charge in [-0.3, -0.25) is 24.1 Å². The van der Waals surface area contributed by atoms with E-state index < -0.39 is 42.4 Å². The van der Waals surface area contributed by atoms with Crippen molar-refractivity contribution in [3.8, 4) is 0 Å². The number of nitrogens with zero attached hydrogens (tertiary/aromatic N) is 1. The van der Waals surface area contributed by atoms with Crippen LogP contribution in [0.5, 0.6) is 0 Å². The van der Waals surface area contributed by atoms with Crippen LogP contribution in [0.1, 0.15) is 59.3 Å². The standard InChI is InChI=1S/C18H23N3O6/c1-6-18(5)16(25)21(17(26)20-18)7-13(24)27-8-12(23)15-9(2)14(11(4)22)10(3)19-15/h19H,6-8H2,1-5H3,(H,20,26)/t18-/m1/s1. The van der Waals surface area contributed by atoms with Crippen LogP contribution in [-0.4, -0.2) is 58.0 Å². The van der Waals surface area contributed by atoms with E-state index in [0.29, 0.717) is 23.2 Å². The van der Waals surface area contributed by atoms with E-state index >= 15 is 0 Å². The third kappa shape index (κ3) is 3.76. The zero-order chi connectivity index (χ0) is 20.5. The predicted octanol–water partition coefficient (Wildman–Crippen LogP) is 1.28. The van der Waals surface area contributed by atoms with Crippen LogP contribution in [0.25, 0.3) is 0 Å². The molecule has 1 fully saturated rings. The van der Waals surface area contributed by atoms with Gasteiger partial charge in [-0.15, -0.1) is 0 Å². The lowest BCUT2D eigenvalue weighted by atomic mass is 9.99. The average Bonchev–Trinajstić information content (AvgIpc) is 3.01. The molecule has 3 amide bonds. The highest BCUT2D eigenvalue weighted by molar-refractivity contribution is 6.08. The Hall–Kier alpha value is -2.97. The van der Waals surface area contributed by atoms with Gasteiger partial charge in [0.2, 0.25) is 5.78 Å². The maximum atomic E-state index is 12.3. The summed E-state index contributed by atoms with van der Waals surface area (Å²) in [6.45, 7) is 6.89. The van der Waals surface area contributed by atoms with Crippen LogP contribution in [0, 0.1) is 13.8 Å².